The average Bonchev–Trinajstić information content (AvgIpc) is 3.33. The summed E-state index contributed by atoms with van der Waals surface area (Å²) < 4.78 is 2.78. The summed E-state index contributed by atoms with van der Waals surface area (Å²) in [5, 5.41) is 4.26. The Hall–Kier alpha value is -3.05. The van der Waals surface area contributed by atoms with Gasteiger partial charge < -0.3 is 4.67 Å². The molecule has 0 radical (unpaired) electrons. The predicted molar refractivity (Wildman–Crippen MR) is 203 cm³/mol. The molecule has 4 aromatic rings. The third kappa shape index (κ3) is 6.61. The Morgan fingerprint density at radius 1 is 0.556 bits per heavy atom. The Bertz CT molecular complexity index is 1630. The standard InChI is InChI=1S/C41H50N2P2/c1-27(2)35-23-17-24-36(28(3)4)39(35)42-31(9)41-32(10)43(40-37(29(5)6)25-18-26-38(40)30(7)8)45(34-21-15-12-16-22-34)44(41)33-19-13-11-14-20-33/h11-30H,1-10H3/t44?,45-/m0/s1. The van der Waals surface area contributed by atoms with Gasteiger partial charge in [0.2, 0.25) is 0 Å². The molecular weight excluding hydrogens is 582 g/mol. The first-order valence-electron chi connectivity index (χ1n) is 16.5. The van der Waals surface area contributed by atoms with Crippen LogP contribution in [0.5, 0.6) is 0 Å². The first-order valence-corrected chi connectivity index (χ1v) is 19.9. The molecule has 4 aromatic carbocycles. The van der Waals surface area contributed by atoms with Gasteiger partial charge in [-0.2, -0.15) is 0 Å². The Balaban J connectivity index is 1.87. The van der Waals surface area contributed by atoms with Crippen LogP contribution in [0.4, 0.5) is 11.4 Å². The highest BCUT2D eigenvalue weighted by Gasteiger charge is 2.44. The minimum atomic E-state index is -0.784. The summed E-state index contributed by atoms with van der Waals surface area (Å²) in [6.45, 7) is 23.2. The van der Waals surface area contributed by atoms with E-state index < -0.39 is 15.4 Å². The first kappa shape index (κ1) is 33.3. The van der Waals surface area contributed by atoms with Gasteiger partial charge in [-0.15, -0.1) is 0 Å². The molecule has 1 aliphatic rings. The summed E-state index contributed by atoms with van der Waals surface area (Å²) >= 11 is 0. The van der Waals surface area contributed by atoms with E-state index in [9.17, 15) is 0 Å². The van der Waals surface area contributed by atoms with Gasteiger partial charge in [-0.05, 0) is 65.1 Å². The van der Waals surface area contributed by atoms with E-state index in [0.717, 1.165) is 11.4 Å². The quantitative estimate of drug-likeness (QED) is 0.132. The lowest BCUT2D eigenvalue weighted by atomic mass is 9.92. The zero-order valence-corrected chi connectivity index (χ0v) is 30.6. The molecule has 0 spiro atoms. The van der Waals surface area contributed by atoms with E-state index in [4.69, 9.17) is 4.99 Å². The van der Waals surface area contributed by atoms with E-state index in [0.29, 0.717) is 23.7 Å². The van der Waals surface area contributed by atoms with Crippen molar-refractivity contribution in [3.05, 3.63) is 130 Å². The van der Waals surface area contributed by atoms with Crippen molar-refractivity contribution in [2.45, 2.75) is 92.9 Å². The van der Waals surface area contributed by atoms with Crippen molar-refractivity contribution in [2.24, 2.45) is 4.99 Å². The fourth-order valence-corrected chi connectivity index (χ4v) is 15.1. The second-order valence-electron chi connectivity index (χ2n) is 13.4. The molecule has 0 amide bonds. The lowest BCUT2D eigenvalue weighted by Gasteiger charge is -2.36. The van der Waals surface area contributed by atoms with Gasteiger partial charge in [0.15, 0.2) is 0 Å². The van der Waals surface area contributed by atoms with Gasteiger partial charge >= 0.3 is 0 Å². The summed E-state index contributed by atoms with van der Waals surface area (Å²) in [6, 6.07) is 36.3. The van der Waals surface area contributed by atoms with E-state index in [1.807, 2.05) is 0 Å². The molecule has 234 valence electrons. The number of hydrogen-bond acceptors (Lipinski definition) is 2. The number of para-hydroxylation sites is 2. The van der Waals surface area contributed by atoms with Crippen molar-refractivity contribution in [1.82, 2.24) is 0 Å². The molecule has 1 unspecified atom stereocenters. The molecule has 1 aliphatic heterocycles. The fourth-order valence-electron chi connectivity index (χ4n) is 6.48. The van der Waals surface area contributed by atoms with E-state index >= 15 is 0 Å². The molecule has 1 heterocycles. The molecule has 0 fully saturated rings. The molecule has 0 saturated carbocycles. The van der Waals surface area contributed by atoms with Crippen LogP contribution in [0.3, 0.4) is 0 Å². The Morgan fingerprint density at radius 2 is 0.978 bits per heavy atom. The van der Waals surface area contributed by atoms with Crippen molar-refractivity contribution in [2.75, 3.05) is 4.67 Å². The van der Waals surface area contributed by atoms with Crippen LogP contribution in [-0.2, 0) is 0 Å². The van der Waals surface area contributed by atoms with Crippen molar-refractivity contribution in [3.8, 4) is 0 Å². The van der Waals surface area contributed by atoms with Crippen LogP contribution in [0.2, 0.25) is 0 Å². The lowest BCUT2D eigenvalue weighted by Crippen LogP contribution is -2.21. The normalized spacial score (nSPS) is 17.5. The molecule has 2 nitrogen and oxygen atoms in total. The second kappa shape index (κ2) is 14.2. The number of allylic oxidation sites excluding steroid dienone is 2. The maximum Gasteiger partial charge on any atom is 0.0702 e. The van der Waals surface area contributed by atoms with Crippen molar-refractivity contribution >= 4 is 43.1 Å². The molecule has 4 heteroatoms. The first-order chi connectivity index (χ1) is 21.5. The van der Waals surface area contributed by atoms with Gasteiger partial charge in [0, 0.05) is 29.6 Å². The zero-order chi connectivity index (χ0) is 32.4. The summed E-state index contributed by atoms with van der Waals surface area (Å²) in [5.41, 5.74) is 10.6. The zero-order valence-electron chi connectivity index (χ0n) is 28.8. The van der Waals surface area contributed by atoms with Crippen LogP contribution in [0.15, 0.2) is 113 Å². The number of rotatable bonds is 9. The highest BCUT2D eigenvalue weighted by atomic mass is 32.1. The van der Waals surface area contributed by atoms with Crippen LogP contribution >= 0.6 is 15.4 Å². The number of anilines is 1. The van der Waals surface area contributed by atoms with E-state index in [1.54, 1.807) is 0 Å². The Kier molecular flexibility index (Phi) is 10.5. The Labute approximate surface area is 275 Å². The van der Waals surface area contributed by atoms with Gasteiger partial charge in [0.1, 0.15) is 0 Å². The SMILES string of the molecule is CC(=Nc1c(C(C)C)cccc1C(C)C)C1=C(C)N(c2c(C(C)C)cccc2C(C)C)[P@](c2ccccc2)P1c1ccccc1. The summed E-state index contributed by atoms with van der Waals surface area (Å²) in [5.74, 6) is 1.61. The number of nitrogens with zero attached hydrogens (tertiary/aromatic N) is 2. The Morgan fingerprint density at radius 3 is 1.42 bits per heavy atom. The van der Waals surface area contributed by atoms with Crippen molar-refractivity contribution in [3.63, 3.8) is 0 Å². The van der Waals surface area contributed by atoms with Gasteiger partial charge in [0.25, 0.3) is 0 Å². The molecular formula is C41H50N2P2. The molecule has 45 heavy (non-hydrogen) atoms. The molecule has 5 rings (SSSR count). The fraction of sp³-hybridized carbons (Fsp3) is 0.341. The van der Waals surface area contributed by atoms with Crippen LogP contribution in [0.25, 0.3) is 0 Å². The van der Waals surface area contributed by atoms with E-state index in [1.165, 1.54) is 49.6 Å². The minimum absolute atomic E-state index is 0.397. The number of aliphatic imine (C=N–C) groups is 1. The number of benzene rings is 4. The summed E-state index contributed by atoms with van der Waals surface area (Å²) in [6.07, 6.45) is 0. The van der Waals surface area contributed by atoms with Crippen LogP contribution in [0.1, 0.15) is 115 Å². The lowest BCUT2D eigenvalue weighted by molar-refractivity contribution is 0.832. The topological polar surface area (TPSA) is 15.6 Å². The third-order valence-corrected chi connectivity index (χ3v) is 16.3. The highest BCUT2D eigenvalue weighted by molar-refractivity contribution is 8.39. The van der Waals surface area contributed by atoms with Crippen LogP contribution in [-0.4, -0.2) is 5.71 Å². The molecule has 0 aromatic heterocycles. The summed E-state index contributed by atoms with van der Waals surface area (Å²) in [4.78, 5) is 5.64. The van der Waals surface area contributed by atoms with Gasteiger partial charge in [0.05, 0.1) is 19.1 Å². The van der Waals surface area contributed by atoms with Gasteiger partial charge in [-0.3, -0.25) is 4.99 Å². The van der Waals surface area contributed by atoms with Gasteiger partial charge in [-0.25, -0.2) is 0 Å². The van der Waals surface area contributed by atoms with Gasteiger partial charge in [-0.1, -0.05) is 152 Å². The summed E-state index contributed by atoms with van der Waals surface area (Å²) in [7, 11) is -1.54. The molecule has 0 N–H and O–H groups in total. The highest BCUT2D eigenvalue weighted by Crippen LogP contribution is 2.80. The van der Waals surface area contributed by atoms with E-state index in [2.05, 4.69) is 171 Å². The van der Waals surface area contributed by atoms with E-state index in [-0.39, 0.29) is 0 Å². The van der Waals surface area contributed by atoms with Crippen molar-refractivity contribution < 1.29 is 0 Å². The smallest absolute Gasteiger partial charge is 0.0702 e. The monoisotopic (exact) mass is 632 g/mol. The predicted octanol–water partition coefficient (Wildman–Crippen LogP) is 12.5. The molecule has 2 atom stereocenters. The maximum absolute atomic E-state index is 5.64. The minimum Gasteiger partial charge on any atom is -0.314 e. The number of hydrogen-bond donors (Lipinski definition) is 0. The maximum atomic E-state index is 5.64. The molecule has 0 aliphatic carbocycles. The van der Waals surface area contributed by atoms with Crippen molar-refractivity contribution in [1.29, 1.82) is 0 Å². The second-order valence-corrected chi connectivity index (χ2v) is 18.8. The largest absolute Gasteiger partial charge is 0.314 e. The average molecular weight is 633 g/mol. The van der Waals surface area contributed by atoms with Crippen LogP contribution in [0, 0.1) is 0 Å². The third-order valence-electron chi connectivity index (χ3n) is 8.76. The molecule has 0 bridgehead atoms. The van der Waals surface area contributed by atoms with Crippen LogP contribution < -0.4 is 15.3 Å². The molecule has 0 saturated heterocycles.